The number of methoxy groups -OCH3 is 2. The molecule has 0 saturated heterocycles. The number of halogens is 2. The molecule has 0 amide bonds. The van der Waals surface area contributed by atoms with Crippen molar-refractivity contribution in [1.29, 1.82) is 0 Å². The van der Waals surface area contributed by atoms with Gasteiger partial charge in [-0.3, -0.25) is 4.79 Å². The SMILES string of the molecule is COc1cc(Cl)c(C(=O)c2cccc(Cl)c2)cc1OC. The van der Waals surface area contributed by atoms with E-state index in [9.17, 15) is 4.79 Å². The fraction of sp³-hybridized carbons (Fsp3) is 0.133. The molecule has 104 valence electrons. The average molecular weight is 311 g/mol. The van der Waals surface area contributed by atoms with Crippen LogP contribution in [0, 0.1) is 0 Å². The number of carbonyl (C=O) groups is 1. The van der Waals surface area contributed by atoms with Crippen LogP contribution >= 0.6 is 23.2 Å². The molecule has 0 spiro atoms. The lowest BCUT2D eigenvalue weighted by Gasteiger charge is -2.11. The fourth-order valence-electron chi connectivity index (χ4n) is 1.81. The maximum absolute atomic E-state index is 12.4. The van der Waals surface area contributed by atoms with Crippen LogP contribution in [-0.4, -0.2) is 20.0 Å². The predicted molar refractivity (Wildman–Crippen MR) is 79.4 cm³/mol. The Bertz CT molecular complexity index is 654. The summed E-state index contributed by atoms with van der Waals surface area (Å²) in [5, 5.41) is 0.792. The summed E-state index contributed by atoms with van der Waals surface area (Å²) in [5.74, 6) is 0.695. The molecule has 2 rings (SSSR count). The minimum Gasteiger partial charge on any atom is -0.493 e. The second kappa shape index (κ2) is 6.16. The molecule has 0 aliphatic rings. The number of rotatable bonds is 4. The number of hydrogen-bond acceptors (Lipinski definition) is 3. The Morgan fingerprint density at radius 3 is 2.25 bits per heavy atom. The largest absolute Gasteiger partial charge is 0.493 e. The van der Waals surface area contributed by atoms with Gasteiger partial charge in [-0.1, -0.05) is 35.3 Å². The number of hydrogen-bond donors (Lipinski definition) is 0. The molecule has 0 N–H and O–H groups in total. The van der Waals surface area contributed by atoms with Crippen molar-refractivity contribution in [3.63, 3.8) is 0 Å². The second-order valence-corrected chi connectivity index (χ2v) is 4.87. The van der Waals surface area contributed by atoms with Gasteiger partial charge < -0.3 is 9.47 Å². The molecule has 0 atom stereocenters. The minimum absolute atomic E-state index is 0.224. The van der Waals surface area contributed by atoms with E-state index in [1.807, 2.05) is 0 Å². The minimum atomic E-state index is -0.224. The molecule has 0 aromatic heterocycles. The van der Waals surface area contributed by atoms with E-state index < -0.39 is 0 Å². The van der Waals surface area contributed by atoms with Crippen LogP contribution in [0.1, 0.15) is 15.9 Å². The highest BCUT2D eigenvalue weighted by Crippen LogP contribution is 2.34. The number of carbonyl (C=O) groups excluding carboxylic acids is 1. The lowest BCUT2D eigenvalue weighted by atomic mass is 10.0. The Kier molecular flexibility index (Phi) is 4.53. The van der Waals surface area contributed by atoms with E-state index in [-0.39, 0.29) is 5.78 Å². The first-order valence-corrected chi connectivity index (χ1v) is 6.54. The summed E-state index contributed by atoms with van der Waals surface area (Å²) in [7, 11) is 3.01. The van der Waals surface area contributed by atoms with E-state index in [1.165, 1.54) is 14.2 Å². The summed E-state index contributed by atoms with van der Waals surface area (Å²) < 4.78 is 10.3. The van der Waals surface area contributed by atoms with Crippen LogP contribution in [0.5, 0.6) is 11.5 Å². The maximum Gasteiger partial charge on any atom is 0.194 e. The zero-order valence-electron chi connectivity index (χ0n) is 10.9. The fourth-order valence-corrected chi connectivity index (χ4v) is 2.24. The van der Waals surface area contributed by atoms with Gasteiger partial charge in [0.15, 0.2) is 17.3 Å². The van der Waals surface area contributed by atoms with Crippen LogP contribution in [-0.2, 0) is 0 Å². The standard InChI is InChI=1S/C15H12Cl2O3/c1-19-13-7-11(12(17)8-14(13)20-2)15(18)9-4-3-5-10(16)6-9/h3-8H,1-2H3. The molecule has 5 heteroatoms. The van der Waals surface area contributed by atoms with E-state index in [4.69, 9.17) is 32.7 Å². The predicted octanol–water partition coefficient (Wildman–Crippen LogP) is 4.24. The van der Waals surface area contributed by atoms with Gasteiger partial charge in [-0.15, -0.1) is 0 Å². The van der Waals surface area contributed by atoms with Gasteiger partial charge in [-0.05, 0) is 18.2 Å². The molecule has 20 heavy (non-hydrogen) atoms. The van der Waals surface area contributed by atoms with Crippen molar-refractivity contribution in [2.45, 2.75) is 0 Å². The Labute approximate surface area is 127 Å². The first-order chi connectivity index (χ1) is 9.56. The summed E-state index contributed by atoms with van der Waals surface area (Å²) in [6.07, 6.45) is 0. The van der Waals surface area contributed by atoms with Crippen molar-refractivity contribution in [3.05, 3.63) is 57.6 Å². The summed E-state index contributed by atoms with van der Waals surface area (Å²) in [5.41, 5.74) is 0.804. The van der Waals surface area contributed by atoms with Gasteiger partial charge in [-0.25, -0.2) is 0 Å². The molecule has 0 aliphatic heterocycles. The van der Waals surface area contributed by atoms with Crippen molar-refractivity contribution < 1.29 is 14.3 Å². The van der Waals surface area contributed by atoms with Crippen LogP contribution in [0.15, 0.2) is 36.4 Å². The highest BCUT2D eigenvalue weighted by atomic mass is 35.5. The average Bonchev–Trinajstić information content (AvgIpc) is 2.46. The van der Waals surface area contributed by atoms with E-state index >= 15 is 0 Å². The number of ether oxygens (including phenoxy) is 2. The third-order valence-corrected chi connectivity index (χ3v) is 3.35. The Morgan fingerprint density at radius 1 is 1.00 bits per heavy atom. The third kappa shape index (κ3) is 2.89. The monoisotopic (exact) mass is 310 g/mol. The lowest BCUT2D eigenvalue weighted by molar-refractivity contribution is 0.103. The highest BCUT2D eigenvalue weighted by molar-refractivity contribution is 6.35. The van der Waals surface area contributed by atoms with E-state index in [0.717, 1.165) is 0 Å². The van der Waals surface area contributed by atoms with Crippen molar-refractivity contribution in [3.8, 4) is 11.5 Å². The summed E-state index contributed by atoms with van der Waals surface area (Å²) in [6, 6.07) is 9.81. The van der Waals surface area contributed by atoms with Crippen molar-refractivity contribution >= 4 is 29.0 Å². The molecular weight excluding hydrogens is 299 g/mol. The summed E-state index contributed by atoms with van der Waals surface area (Å²) >= 11 is 12.0. The van der Waals surface area contributed by atoms with Gasteiger partial charge in [0.05, 0.1) is 19.2 Å². The third-order valence-electron chi connectivity index (χ3n) is 2.80. The van der Waals surface area contributed by atoms with Crippen LogP contribution in [0.3, 0.4) is 0 Å². The van der Waals surface area contributed by atoms with E-state index in [0.29, 0.717) is 32.7 Å². The number of benzene rings is 2. The molecule has 2 aromatic carbocycles. The van der Waals surface area contributed by atoms with Gasteiger partial charge in [0.25, 0.3) is 0 Å². The topological polar surface area (TPSA) is 35.5 Å². The van der Waals surface area contributed by atoms with E-state index in [1.54, 1.807) is 36.4 Å². The Morgan fingerprint density at radius 2 is 1.65 bits per heavy atom. The van der Waals surface area contributed by atoms with Gasteiger partial charge in [-0.2, -0.15) is 0 Å². The molecular formula is C15H12Cl2O3. The van der Waals surface area contributed by atoms with Crippen molar-refractivity contribution in [1.82, 2.24) is 0 Å². The second-order valence-electron chi connectivity index (χ2n) is 4.03. The molecule has 0 saturated carbocycles. The normalized spacial score (nSPS) is 10.2. The lowest BCUT2D eigenvalue weighted by Crippen LogP contribution is -2.03. The molecule has 0 heterocycles. The smallest absolute Gasteiger partial charge is 0.194 e. The summed E-state index contributed by atoms with van der Waals surface area (Å²) in [4.78, 5) is 12.4. The quantitative estimate of drug-likeness (QED) is 0.792. The molecule has 0 unspecified atom stereocenters. The number of ketones is 1. The van der Waals surface area contributed by atoms with Gasteiger partial charge in [0, 0.05) is 22.2 Å². The first kappa shape index (κ1) is 14.7. The van der Waals surface area contributed by atoms with Crippen molar-refractivity contribution in [2.24, 2.45) is 0 Å². The molecule has 0 bridgehead atoms. The Balaban J connectivity index is 2.49. The van der Waals surface area contributed by atoms with Gasteiger partial charge in [0.2, 0.25) is 0 Å². The zero-order valence-corrected chi connectivity index (χ0v) is 12.5. The van der Waals surface area contributed by atoms with Gasteiger partial charge >= 0.3 is 0 Å². The Hall–Kier alpha value is -1.71. The molecule has 0 fully saturated rings. The van der Waals surface area contributed by atoms with Crippen LogP contribution in [0.25, 0.3) is 0 Å². The molecule has 0 radical (unpaired) electrons. The zero-order chi connectivity index (χ0) is 14.7. The van der Waals surface area contributed by atoms with Crippen LogP contribution < -0.4 is 9.47 Å². The first-order valence-electron chi connectivity index (χ1n) is 5.78. The van der Waals surface area contributed by atoms with Crippen molar-refractivity contribution in [2.75, 3.05) is 14.2 Å². The van der Waals surface area contributed by atoms with Crippen LogP contribution in [0.4, 0.5) is 0 Å². The summed E-state index contributed by atoms with van der Waals surface area (Å²) in [6.45, 7) is 0. The maximum atomic E-state index is 12.4. The molecule has 0 aliphatic carbocycles. The molecule has 2 aromatic rings. The highest BCUT2D eigenvalue weighted by Gasteiger charge is 2.17. The van der Waals surface area contributed by atoms with Gasteiger partial charge in [0.1, 0.15) is 0 Å². The van der Waals surface area contributed by atoms with Crippen LogP contribution in [0.2, 0.25) is 10.0 Å². The van der Waals surface area contributed by atoms with E-state index in [2.05, 4.69) is 0 Å². The molecule has 3 nitrogen and oxygen atoms in total.